The van der Waals surface area contributed by atoms with Crippen molar-refractivity contribution in [2.45, 2.75) is 38.2 Å². The molecule has 0 aliphatic heterocycles. The molecule has 1 aromatic rings. The Morgan fingerprint density at radius 1 is 1.30 bits per heavy atom. The number of nitrogens with one attached hydrogen (secondary N) is 2. The van der Waals surface area contributed by atoms with Crippen molar-refractivity contribution in [2.75, 3.05) is 26.8 Å². The quantitative estimate of drug-likeness (QED) is 0.721. The molecule has 3 atom stereocenters. The number of hydrogen-bond donors (Lipinski definition) is 3. The van der Waals surface area contributed by atoms with Crippen LogP contribution < -0.4 is 10.6 Å². The smallest absolute Gasteiger partial charge is 0.314 e. The minimum absolute atomic E-state index is 0.190. The highest BCUT2D eigenvalue weighted by molar-refractivity contribution is 5.73. The summed E-state index contributed by atoms with van der Waals surface area (Å²) in [4.78, 5) is 11.9. The normalized spacial score (nSPS) is 21.1. The van der Waals surface area contributed by atoms with Gasteiger partial charge in [-0.3, -0.25) is 0 Å². The van der Waals surface area contributed by atoms with Crippen LogP contribution in [-0.2, 0) is 4.74 Å². The largest absolute Gasteiger partial charge is 0.389 e. The third kappa shape index (κ3) is 4.69. The summed E-state index contributed by atoms with van der Waals surface area (Å²) in [5, 5.41) is 15.1. The SMILES string of the molecule is COC[C@@H](O)CNC(=O)NC[C@@H]1C[C@@H](C(C)C)c2ccccc21. The lowest BCUT2D eigenvalue weighted by molar-refractivity contribution is 0.0660. The standard InChI is InChI=1S/C18H28N2O3/c1-12(2)17-8-13(15-6-4-5-7-16(15)17)9-19-18(22)20-10-14(21)11-23-3/h4-7,12-14,17,21H,8-11H2,1-3H3,(H2,19,20,22)/t13-,14-,17-/m0/s1. The second-order valence-electron chi connectivity index (χ2n) is 6.61. The van der Waals surface area contributed by atoms with Gasteiger partial charge in [-0.15, -0.1) is 0 Å². The lowest BCUT2D eigenvalue weighted by Crippen LogP contribution is -2.42. The molecule has 0 aromatic heterocycles. The lowest BCUT2D eigenvalue weighted by atomic mass is 9.90. The van der Waals surface area contributed by atoms with E-state index in [1.807, 2.05) is 0 Å². The van der Waals surface area contributed by atoms with Crippen molar-refractivity contribution in [1.29, 1.82) is 0 Å². The highest BCUT2D eigenvalue weighted by Crippen LogP contribution is 2.44. The van der Waals surface area contributed by atoms with Crippen molar-refractivity contribution in [3.8, 4) is 0 Å². The van der Waals surface area contributed by atoms with E-state index in [2.05, 4.69) is 48.7 Å². The molecule has 1 aliphatic carbocycles. The molecule has 2 amide bonds. The number of hydrogen-bond acceptors (Lipinski definition) is 3. The number of methoxy groups -OCH3 is 1. The number of benzene rings is 1. The molecule has 0 saturated carbocycles. The van der Waals surface area contributed by atoms with Gasteiger partial charge in [0.2, 0.25) is 0 Å². The molecule has 0 spiro atoms. The summed E-state index contributed by atoms with van der Waals surface area (Å²) in [7, 11) is 1.52. The Labute approximate surface area is 138 Å². The maximum atomic E-state index is 11.9. The Kier molecular flexibility index (Phi) is 6.42. The van der Waals surface area contributed by atoms with Crippen LogP contribution in [0, 0.1) is 5.92 Å². The Bertz CT molecular complexity index is 519. The zero-order chi connectivity index (χ0) is 16.8. The highest BCUT2D eigenvalue weighted by atomic mass is 16.5. The average molecular weight is 320 g/mol. The Morgan fingerprint density at radius 2 is 2.00 bits per heavy atom. The maximum Gasteiger partial charge on any atom is 0.314 e. The number of ether oxygens (including phenoxy) is 1. The van der Waals surface area contributed by atoms with Crippen molar-refractivity contribution in [2.24, 2.45) is 5.92 Å². The molecular weight excluding hydrogens is 292 g/mol. The number of fused-ring (bicyclic) bond motifs is 1. The van der Waals surface area contributed by atoms with Gasteiger partial charge >= 0.3 is 6.03 Å². The van der Waals surface area contributed by atoms with Crippen LogP contribution in [0.1, 0.15) is 43.2 Å². The number of urea groups is 1. The third-order valence-corrected chi connectivity index (χ3v) is 4.54. The van der Waals surface area contributed by atoms with Gasteiger partial charge in [-0.2, -0.15) is 0 Å². The van der Waals surface area contributed by atoms with Crippen LogP contribution >= 0.6 is 0 Å². The van der Waals surface area contributed by atoms with E-state index in [0.717, 1.165) is 6.42 Å². The molecule has 128 valence electrons. The maximum absolute atomic E-state index is 11.9. The van der Waals surface area contributed by atoms with Gasteiger partial charge in [-0.1, -0.05) is 38.1 Å². The van der Waals surface area contributed by atoms with Crippen molar-refractivity contribution in [1.82, 2.24) is 10.6 Å². The first-order chi connectivity index (χ1) is 11.0. The number of aliphatic hydroxyl groups excluding tert-OH is 1. The van der Waals surface area contributed by atoms with Crippen LogP contribution in [0.15, 0.2) is 24.3 Å². The predicted octanol–water partition coefficient (Wildman–Crippen LogP) is 2.22. The highest BCUT2D eigenvalue weighted by Gasteiger charge is 2.32. The van der Waals surface area contributed by atoms with Crippen LogP contribution in [0.25, 0.3) is 0 Å². The summed E-state index contributed by atoms with van der Waals surface area (Å²) < 4.78 is 4.83. The molecule has 5 heteroatoms. The second-order valence-corrected chi connectivity index (χ2v) is 6.61. The second kappa shape index (κ2) is 8.31. The number of carbonyl (C=O) groups excluding carboxylic acids is 1. The first-order valence-corrected chi connectivity index (χ1v) is 8.30. The van der Waals surface area contributed by atoms with Crippen LogP contribution in [0.4, 0.5) is 4.79 Å². The van der Waals surface area contributed by atoms with E-state index < -0.39 is 6.10 Å². The number of aliphatic hydroxyl groups is 1. The summed E-state index contributed by atoms with van der Waals surface area (Å²) in [6.07, 6.45) is 0.395. The Balaban J connectivity index is 1.86. The van der Waals surface area contributed by atoms with Crippen molar-refractivity contribution >= 4 is 6.03 Å². The van der Waals surface area contributed by atoms with E-state index in [1.54, 1.807) is 0 Å². The van der Waals surface area contributed by atoms with Gasteiger partial charge in [0, 0.05) is 26.1 Å². The summed E-state index contributed by atoms with van der Waals surface area (Å²) in [5.74, 6) is 1.51. The van der Waals surface area contributed by atoms with Gasteiger partial charge < -0.3 is 20.5 Å². The number of rotatable bonds is 7. The van der Waals surface area contributed by atoms with Crippen molar-refractivity contribution in [3.05, 3.63) is 35.4 Å². The fourth-order valence-electron chi connectivity index (χ4n) is 3.35. The summed E-state index contributed by atoms with van der Waals surface area (Å²) >= 11 is 0. The molecule has 23 heavy (non-hydrogen) atoms. The zero-order valence-corrected chi connectivity index (χ0v) is 14.2. The van der Waals surface area contributed by atoms with Crippen LogP contribution in [0.3, 0.4) is 0 Å². The molecular formula is C18H28N2O3. The van der Waals surface area contributed by atoms with Crippen LogP contribution in [-0.4, -0.2) is 44.0 Å². The van der Waals surface area contributed by atoms with Gasteiger partial charge in [0.15, 0.2) is 0 Å². The van der Waals surface area contributed by atoms with E-state index in [1.165, 1.54) is 18.2 Å². The fourth-order valence-corrected chi connectivity index (χ4v) is 3.35. The van der Waals surface area contributed by atoms with Gasteiger partial charge in [0.25, 0.3) is 0 Å². The lowest BCUT2D eigenvalue weighted by Gasteiger charge is -2.17. The third-order valence-electron chi connectivity index (χ3n) is 4.54. The Hall–Kier alpha value is -1.59. The summed E-state index contributed by atoms with van der Waals surface area (Å²) in [6.45, 7) is 5.52. The monoisotopic (exact) mass is 320 g/mol. The molecule has 0 unspecified atom stereocenters. The predicted molar refractivity (Wildman–Crippen MR) is 90.7 cm³/mol. The minimum Gasteiger partial charge on any atom is -0.389 e. The number of amides is 2. The van der Waals surface area contributed by atoms with Gasteiger partial charge in [0.05, 0.1) is 12.7 Å². The van der Waals surface area contributed by atoms with Crippen LogP contribution in [0.2, 0.25) is 0 Å². The van der Waals surface area contributed by atoms with E-state index in [-0.39, 0.29) is 19.2 Å². The van der Waals surface area contributed by atoms with E-state index in [9.17, 15) is 9.90 Å². The molecule has 1 aromatic carbocycles. The molecule has 2 rings (SSSR count). The topological polar surface area (TPSA) is 70.6 Å². The van der Waals surface area contributed by atoms with Crippen molar-refractivity contribution < 1.29 is 14.6 Å². The molecule has 0 heterocycles. The van der Waals surface area contributed by atoms with E-state index >= 15 is 0 Å². The Morgan fingerprint density at radius 3 is 2.65 bits per heavy atom. The van der Waals surface area contributed by atoms with Gasteiger partial charge in [-0.25, -0.2) is 4.79 Å². The molecule has 0 radical (unpaired) electrons. The molecule has 1 aliphatic rings. The fraction of sp³-hybridized carbons (Fsp3) is 0.611. The minimum atomic E-state index is -0.678. The first-order valence-electron chi connectivity index (χ1n) is 8.30. The molecule has 0 saturated heterocycles. The van der Waals surface area contributed by atoms with Crippen molar-refractivity contribution in [3.63, 3.8) is 0 Å². The first kappa shape index (κ1) is 17.8. The average Bonchev–Trinajstić information content (AvgIpc) is 2.90. The summed E-state index contributed by atoms with van der Waals surface area (Å²) in [6, 6.07) is 8.29. The zero-order valence-electron chi connectivity index (χ0n) is 14.2. The van der Waals surface area contributed by atoms with E-state index in [0.29, 0.717) is 24.3 Å². The molecule has 0 bridgehead atoms. The molecule has 3 N–H and O–H groups in total. The molecule has 0 fully saturated rings. The summed E-state index contributed by atoms with van der Waals surface area (Å²) in [5.41, 5.74) is 2.77. The van der Waals surface area contributed by atoms with Gasteiger partial charge in [-0.05, 0) is 29.4 Å². The van der Waals surface area contributed by atoms with Gasteiger partial charge in [0.1, 0.15) is 0 Å². The number of carbonyl (C=O) groups is 1. The van der Waals surface area contributed by atoms with E-state index in [4.69, 9.17) is 4.74 Å². The van der Waals surface area contributed by atoms with Crippen LogP contribution in [0.5, 0.6) is 0 Å². The molecule has 5 nitrogen and oxygen atoms in total.